The molecule has 0 amide bonds. The Kier molecular flexibility index (Phi) is 5.04. The van der Waals surface area contributed by atoms with Crippen LogP contribution in [0.3, 0.4) is 0 Å². The zero-order chi connectivity index (χ0) is 13.6. The van der Waals surface area contributed by atoms with Crippen LogP contribution in [0.25, 0.3) is 0 Å². The van der Waals surface area contributed by atoms with Crippen molar-refractivity contribution in [3.63, 3.8) is 0 Å². The van der Waals surface area contributed by atoms with Crippen molar-refractivity contribution < 1.29 is 14.3 Å². The smallest absolute Gasteiger partial charge is 0.320 e. The maximum atomic E-state index is 11.8. The van der Waals surface area contributed by atoms with Crippen LogP contribution in [-0.2, 0) is 20.7 Å². The Morgan fingerprint density at radius 1 is 1.28 bits per heavy atom. The molecule has 1 aromatic rings. The van der Waals surface area contributed by atoms with Crippen LogP contribution in [0, 0.1) is 5.41 Å². The molecule has 0 spiro atoms. The number of carbonyl (C=O) groups excluding carboxylic acids is 2. The predicted octanol–water partition coefficient (Wildman–Crippen LogP) is 1.33. The summed E-state index contributed by atoms with van der Waals surface area (Å²) in [6.45, 7) is 1.36. The predicted molar refractivity (Wildman–Crippen MR) is 68.9 cm³/mol. The average Bonchev–Trinajstić information content (AvgIpc) is 2.40. The summed E-state index contributed by atoms with van der Waals surface area (Å²) in [6, 6.07) is 9.68. The Labute approximate surface area is 107 Å². The second-order valence-corrected chi connectivity index (χ2v) is 4.32. The van der Waals surface area contributed by atoms with E-state index >= 15 is 0 Å². The normalized spacial score (nSPS) is 13.7. The molecule has 18 heavy (non-hydrogen) atoms. The Bertz CT molecular complexity index is 416. The van der Waals surface area contributed by atoms with Gasteiger partial charge in [-0.15, -0.1) is 0 Å². The molecule has 1 atom stereocenters. The zero-order valence-electron chi connectivity index (χ0n) is 10.8. The maximum absolute atomic E-state index is 11.8. The molecule has 0 aromatic heterocycles. The molecule has 0 saturated heterocycles. The number of hydrogen-bond acceptors (Lipinski definition) is 4. The number of methoxy groups -OCH3 is 1. The van der Waals surface area contributed by atoms with Gasteiger partial charge in [-0.05, 0) is 25.3 Å². The highest BCUT2D eigenvalue weighted by molar-refractivity contribution is 6.03. The lowest BCUT2D eigenvalue weighted by Gasteiger charge is -2.26. The van der Waals surface area contributed by atoms with Gasteiger partial charge in [-0.3, -0.25) is 9.59 Å². The summed E-state index contributed by atoms with van der Waals surface area (Å²) < 4.78 is 4.72. The summed E-state index contributed by atoms with van der Waals surface area (Å²) in [5.41, 5.74) is 5.48. The average molecular weight is 249 g/mol. The van der Waals surface area contributed by atoms with Crippen molar-refractivity contribution in [1.82, 2.24) is 0 Å². The molecule has 0 aliphatic heterocycles. The minimum atomic E-state index is -1.22. The number of Topliss-reactive ketones (excluding diaryl/α,β-unsaturated/α-hetero) is 1. The van der Waals surface area contributed by atoms with Crippen LogP contribution in [0.1, 0.15) is 18.9 Å². The molecule has 4 heteroatoms. The maximum Gasteiger partial charge on any atom is 0.320 e. The van der Waals surface area contributed by atoms with Crippen molar-refractivity contribution in [2.75, 3.05) is 13.7 Å². The fourth-order valence-electron chi connectivity index (χ4n) is 1.95. The van der Waals surface area contributed by atoms with Gasteiger partial charge in [0.15, 0.2) is 0 Å². The molecule has 98 valence electrons. The van der Waals surface area contributed by atoms with E-state index in [4.69, 9.17) is 10.5 Å². The van der Waals surface area contributed by atoms with E-state index in [2.05, 4.69) is 0 Å². The molecule has 0 aliphatic carbocycles. The lowest BCUT2D eigenvalue weighted by molar-refractivity contribution is -0.157. The Hall–Kier alpha value is -1.68. The van der Waals surface area contributed by atoms with E-state index in [0.29, 0.717) is 12.8 Å². The molecular weight excluding hydrogens is 230 g/mol. The minimum absolute atomic E-state index is 0.0260. The number of rotatable bonds is 6. The first-order valence-corrected chi connectivity index (χ1v) is 5.90. The summed E-state index contributed by atoms with van der Waals surface area (Å²) in [6.07, 6.45) is 0.988. The van der Waals surface area contributed by atoms with Gasteiger partial charge < -0.3 is 10.5 Å². The molecule has 0 radical (unpaired) electrons. The van der Waals surface area contributed by atoms with Crippen molar-refractivity contribution in [3.05, 3.63) is 35.9 Å². The third kappa shape index (κ3) is 2.96. The van der Waals surface area contributed by atoms with Crippen LogP contribution in [0.2, 0.25) is 0 Å². The number of ether oxygens (including phenoxy) is 1. The van der Waals surface area contributed by atoms with E-state index in [1.54, 1.807) is 0 Å². The summed E-state index contributed by atoms with van der Waals surface area (Å²) in [5, 5.41) is 0. The largest absolute Gasteiger partial charge is 0.468 e. The van der Waals surface area contributed by atoms with Crippen LogP contribution < -0.4 is 5.73 Å². The molecule has 0 unspecified atom stereocenters. The quantitative estimate of drug-likeness (QED) is 0.610. The van der Waals surface area contributed by atoms with Crippen LogP contribution in [0.4, 0.5) is 0 Å². The number of esters is 1. The van der Waals surface area contributed by atoms with Gasteiger partial charge in [-0.1, -0.05) is 30.3 Å². The van der Waals surface area contributed by atoms with Crippen molar-refractivity contribution in [3.8, 4) is 0 Å². The highest BCUT2D eigenvalue weighted by Gasteiger charge is 2.42. The molecule has 2 N–H and O–H groups in total. The molecule has 0 bridgehead atoms. The number of benzene rings is 1. The molecule has 4 nitrogen and oxygen atoms in total. The van der Waals surface area contributed by atoms with Crippen LogP contribution in [0.15, 0.2) is 30.3 Å². The fourth-order valence-corrected chi connectivity index (χ4v) is 1.95. The Morgan fingerprint density at radius 2 is 1.89 bits per heavy atom. The van der Waals surface area contributed by atoms with E-state index in [1.807, 2.05) is 30.3 Å². The number of ketones is 1. The van der Waals surface area contributed by atoms with E-state index in [0.717, 1.165) is 5.56 Å². The minimum Gasteiger partial charge on any atom is -0.468 e. The summed E-state index contributed by atoms with van der Waals surface area (Å²) in [4.78, 5) is 23.5. The molecule has 0 saturated carbocycles. The van der Waals surface area contributed by atoms with E-state index in [-0.39, 0.29) is 12.3 Å². The first-order valence-electron chi connectivity index (χ1n) is 5.90. The van der Waals surface area contributed by atoms with Crippen LogP contribution in [-0.4, -0.2) is 25.4 Å². The van der Waals surface area contributed by atoms with Gasteiger partial charge in [0.2, 0.25) is 0 Å². The third-order valence-electron chi connectivity index (χ3n) is 3.28. The van der Waals surface area contributed by atoms with Crippen molar-refractivity contribution in [2.24, 2.45) is 11.1 Å². The highest BCUT2D eigenvalue weighted by Crippen LogP contribution is 2.26. The van der Waals surface area contributed by atoms with Gasteiger partial charge in [-0.25, -0.2) is 0 Å². The molecule has 0 heterocycles. The monoisotopic (exact) mass is 249 g/mol. The summed E-state index contributed by atoms with van der Waals surface area (Å²) in [5.74, 6) is -0.791. The first kappa shape index (κ1) is 14.4. The lowest BCUT2D eigenvalue weighted by Crippen LogP contribution is -2.45. The van der Waals surface area contributed by atoms with Gasteiger partial charge in [-0.2, -0.15) is 0 Å². The number of hydrogen-bond donors (Lipinski definition) is 1. The van der Waals surface area contributed by atoms with E-state index in [9.17, 15) is 9.59 Å². The van der Waals surface area contributed by atoms with Crippen LogP contribution in [0.5, 0.6) is 0 Å². The van der Waals surface area contributed by atoms with Gasteiger partial charge >= 0.3 is 5.97 Å². The topological polar surface area (TPSA) is 69.4 Å². The fraction of sp³-hybridized carbons (Fsp3) is 0.429. The van der Waals surface area contributed by atoms with Gasteiger partial charge in [0.05, 0.1) is 7.11 Å². The lowest BCUT2D eigenvalue weighted by atomic mass is 9.78. The molecule has 0 fully saturated rings. The number of carbonyl (C=O) groups is 2. The number of nitrogens with two attached hydrogens (primary N) is 1. The van der Waals surface area contributed by atoms with E-state index in [1.165, 1.54) is 14.0 Å². The third-order valence-corrected chi connectivity index (χ3v) is 3.28. The molecule has 0 aliphatic rings. The first-order chi connectivity index (χ1) is 8.56. The zero-order valence-corrected chi connectivity index (χ0v) is 10.8. The number of aryl methyl sites for hydroxylation is 1. The second kappa shape index (κ2) is 6.31. The SMILES string of the molecule is COC(=O)[C@@](CN)(CCc1ccccc1)C(C)=O. The highest BCUT2D eigenvalue weighted by atomic mass is 16.5. The van der Waals surface area contributed by atoms with Crippen molar-refractivity contribution >= 4 is 11.8 Å². The Morgan fingerprint density at radius 3 is 2.33 bits per heavy atom. The summed E-state index contributed by atoms with van der Waals surface area (Å²) >= 11 is 0. The van der Waals surface area contributed by atoms with Gasteiger partial charge in [0.1, 0.15) is 11.2 Å². The molecular formula is C14H19NO3. The van der Waals surface area contributed by atoms with Crippen molar-refractivity contribution in [2.45, 2.75) is 19.8 Å². The van der Waals surface area contributed by atoms with Crippen molar-refractivity contribution in [1.29, 1.82) is 0 Å². The Balaban J connectivity index is 2.86. The van der Waals surface area contributed by atoms with E-state index < -0.39 is 11.4 Å². The second-order valence-electron chi connectivity index (χ2n) is 4.32. The molecule has 1 aromatic carbocycles. The summed E-state index contributed by atoms with van der Waals surface area (Å²) in [7, 11) is 1.28. The van der Waals surface area contributed by atoms with Crippen LogP contribution >= 0.6 is 0 Å². The van der Waals surface area contributed by atoms with Gasteiger partial charge in [0, 0.05) is 6.54 Å². The van der Waals surface area contributed by atoms with Gasteiger partial charge in [0.25, 0.3) is 0 Å². The standard InChI is InChI=1S/C14H19NO3/c1-11(16)14(10-15,13(17)18-2)9-8-12-6-4-3-5-7-12/h3-7H,8-10,15H2,1-2H3/t14-/m1/s1. The molecule has 1 rings (SSSR count).